The van der Waals surface area contributed by atoms with Gasteiger partial charge in [0, 0.05) is 19.3 Å². The maximum Gasteiger partial charge on any atom is 0.340 e. The Morgan fingerprint density at radius 3 is 2.47 bits per heavy atom. The van der Waals surface area contributed by atoms with E-state index < -0.39 is 5.54 Å². The third-order valence-electron chi connectivity index (χ3n) is 3.42. The third kappa shape index (κ3) is 2.57. The SMILES string of the molecule is CC(=O)C[C@H](c1ccccc1)[C@@]1(C)N=C(C)OC1=O. The van der Waals surface area contributed by atoms with Gasteiger partial charge in [-0.1, -0.05) is 30.3 Å². The maximum atomic E-state index is 12.1. The van der Waals surface area contributed by atoms with Crippen molar-refractivity contribution in [3.8, 4) is 0 Å². The lowest BCUT2D eigenvalue weighted by Crippen LogP contribution is -2.38. The van der Waals surface area contributed by atoms with Gasteiger partial charge in [-0.3, -0.25) is 0 Å². The highest BCUT2D eigenvalue weighted by atomic mass is 16.6. The molecule has 1 heterocycles. The zero-order valence-electron chi connectivity index (χ0n) is 11.3. The predicted molar refractivity (Wildman–Crippen MR) is 72.1 cm³/mol. The van der Waals surface area contributed by atoms with E-state index in [-0.39, 0.29) is 24.1 Å². The molecule has 1 aliphatic rings. The standard InChI is InChI=1S/C15H17NO3/c1-10(17)9-13(12-7-5-4-6-8-12)15(3)14(18)19-11(2)16-15/h4-8,13H,9H2,1-3H3/t13-,15-/m1/s1. The van der Waals surface area contributed by atoms with Crippen molar-refractivity contribution in [1.82, 2.24) is 0 Å². The summed E-state index contributed by atoms with van der Waals surface area (Å²) in [5.74, 6) is -0.295. The molecule has 1 aliphatic heterocycles. The molecule has 4 nitrogen and oxygen atoms in total. The normalized spacial score (nSPS) is 23.7. The van der Waals surface area contributed by atoms with Crippen molar-refractivity contribution in [2.75, 3.05) is 0 Å². The quantitative estimate of drug-likeness (QED) is 0.780. The molecule has 2 atom stereocenters. The van der Waals surface area contributed by atoms with Crippen molar-refractivity contribution in [3.05, 3.63) is 35.9 Å². The van der Waals surface area contributed by atoms with Crippen LogP contribution in [0, 0.1) is 0 Å². The Labute approximate surface area is 112 Å². The fourth-order valence-corrected chi connectivity index (χ4v) is 2.47. The number of carbonyl (C=O) groups is 2. The van der Waals surface area contributed by atoms with Gasteiger partial charge in [0.25, 0.3) is 0 Å². The maximum absolute atomic E-state index is 12.1. The molecule has 0 radical (unpaired) electrons. The Bertz CT molecular complexity index is 536. The highest BCUT2D eigenvalue weighted by Crippen LogP contribution is 2.38. The minimum Gasteiger partial charge on any atom is -0.410 e. The molecule has 0 spiro atoms. The molecule has 0 saturated heterocycles. The number of ketones is 1. The first kappa shape index (κ1) is 13.5. The number of hydrogen-bond donors (Lipinski definition) is 0. The molecule has 19 heavy (non-hydrogen) atoms. The molecule has 0 aromatic heterocycles. The Balaban J connectivity index is 2.44. The summed E-state index contributed by atoms with van der Waals surface area (Å²) in [7, 11) is 0. The molecule has 4 heteroatoms. The van der Waals surface area contributed by atoms with Gasteiger partial charge in [0.2, 0.25) is 0 Å². The van der Waals surface area contributed by atoms with Crippen molar-refractivity contribution in [1.29, 1.82) is 0 Å². The van der Waals surface area contributed by atoms with Crippen LogP contribution < -0.4 is 0 Å². The lowest BCUT2D eigenvalue weighted by atomic mass is 9.78. The molecule has 0 unspecified atom stereocenters. The molecule has 0 N–H and O–H groups in total. The van der Waals surface area contributed by atoms with Crippen LogP contribution in [0.15, 0.2) is 35.3 Å². The van der Waals surface area contributed by atoms with Crippen LogP contribution >= 0.6 is 0 Å². The van der Waals surface area contributed by atoms with Crippen molar-refractivity contribution in [2.45, 2.75) is 38.6 Å². The average molecular weight is 259 g/mol. The number of esters is 1. The van der Waals surface area contributed by atoms with Crippen molar-refractivity contribution >= 4 is 17.7 Å². The Morgan fingerprint density at radius 2 is 2.00 bits per heavy atom. The second kappa shape index (κ2) is 4.96. The molecule has 1 aromatic carbocycles. The number of carbonyl (C=O) groups excluding carboxylic acids is 2. The number of cyclic esters (lactones) is 1. The van der Waals surface area contributed by atoms with Gasteiger partial charge in [-0.05, 0) is 19.4 Å². The number of rotatable bonds is 4. The average Bonchev–Trinajstić information content (AvgIpc) is 2.61. The van der Waals surface area contributed by atoms with Crippen molar-refractivity contribution < 1.29 is 14.3 Å². The van der Waals surface area contributed by atoms with E-state index in [1.807, 2.05) is 30.3 Å². The largest absolute Gasteiger partial charge is 0.410 e. The number of ether oxygens (including phenoxy) is 1. The second-order valence-corrected chi connectivity index (χ2v) is 5.04. The molecular formula is C15H17NO3. The van der Waals surface area contributed by atoms with Gasteiger partial charge >= 0.3 is 5.97 Å². The Kier molecular flexibility index (Phi) is 3.51. The van der Waals surface area contributed by atoms with E-state index in [9.17, 15) is 9.59 Å². The summed E-state index contributed by atoms with van der Waals surface area (Å²) < 4.78 is 5.06. The second-order valence-electron chi connectivity index (χ2n) is 5.04. The van der Waals surface area contributed by atoms with E-state index in [4.69, 9.17) is 4.74 Å². The molecule has 100 valence electrons. The molecule has 0 aliphatic carbocycles. The lowest BCUT2D eigenvalue weighted by molar-refractivity contribution is -0.139. The number of hydrogen-bond acceptors (Lipinski definition) is 4. The summed E-state index contributed by atoms with van der Waals surface area (Å²) in [5.41, 5.74) is -0.0903. The molecular weight excluding hydrogens is 242 g/mol. The molecule has 1 aromatic rings. The van der Waals surface area contributed by atoms with Crippen LogP contribution in [-0.4, -0.2) is 23.2 Å². The van der Waals surface area contributed by atoms with Gasteiger partial charge in [0.1, 0.15) is 5.78 Å². The number of benzene rings is 1. The lowest BCUT2D eigenvalue weighted by Gasteiger charge is -2.27. The van der Waals surface area contributed by atoms with Gasteiger partial charge in [0.15, 0.2) is 11.4 Å². The summed E-state index contributed by atoms with van der Waals surface area (Å²) in [4.78, 5) is 27.9. The van der Waals surface area contributed by atoms with E-state index in [1.54, 1.807) is 13.8 Å². The molecule has 2 rings (SSSR count). The number of Topliss-reactive ketones (excluding diaryl/α,β-unsaturated/α-hetero) is 1. The summed E-state index contributed by atoms with van der Waals surface area (Å²) >= 11 is 0. The van der Waals surface area contributed by atoms with Crippen LogP contribution in [-0.2, 0) is 14.3 Å². The summed E-state index contributed by atoms with van der Waals surface area (Å²) in [6.45, 7) is 4.90. The fraction of sp³-hybridized carbons (Fsp3) is 0.400. The van der Waals surface area contributed by atoms with Gasteiger partial charge in [-0.2, -0.15) is 0 Å². The van der Waals surface area contributed by atoms with Crippen LogP contribution in [0.3, 0.4) is 0 Å². The molecule has 0 fully saturated rings. The van der Waals surface area contributed by atoms with E-state index in [0.29, 0.717) is 5.90 Å². The predicted octanol–water partition coefficient (Wildman–Crippen LogP) is 2.48. The van der Waals surface area contributed by atoms with E-state index in [1.165, 1.54) is 6.92 Å². The van der Waals surface area contributed by atoms with Gasteiger partial charge < -0.3 is 9.53 Å². The Hall–Kier alpha value is -1.97. The summed E-state index contributed by atoms with van der Waals surface area (Å²) in [5, 5.41) is 0. The number of nitrogens with zero attached hydrogens (tertiary/aromatic N) is 1. The Morgan fingerprint density at radius 1 is 1.37 bits per heavy atom. The van der Waals surface area contributed by atoms with Crippen LogP contribution in [0.5, 0.6) is 0 Å². The highest BCUT2D eigenvalue weighted by molar-refractivity contribution is 6.00. The summed E-state index contributed by atoms with van der Waals surface area (Å²) in [6.07, 6.45) is 0.270. The van der Waals surface area contributed by atoms with Crippen LogP contribution in [0.25, 0.3) is 0 Å². The van der Waals surface area contributed by atoms with Crippen LogP contribution in [0.1, 0.15) is 38.7 Å². The first-order valence-electron chi connectivity index (χ1n) is 6.26. The van der Waals surface area contributed by atoms with Gasteiger partial charge in [-0.15, -0.1) is 0 Å². The minimum atomic E-state index is -1.02. The van der Waals surface area contributed by atoms with Crippen LogP contribution in [0.2, 0.25) is 0 Å². The van der Waals surface area contributed by atoms with Gasteiger partial charge in [0.05, 0.1) is 0 Å². The van der Waals surface area contributed by atoms with E-state index in [2.05, 4.69) is 4.99 Å². The van der Waals surface area contributed by atoms with Crippen LogP contribution in [0.4, 0.5) is 0 Å². The first-order valence-corrected chi connectivity index (χ1v) is 6.26. The number of aliphatic imine (C=N–C) groups is 1. The fourth-order valence-electron chi connectivity index (χ4n) is 2.47. The molecule has 0 bridgehead atoms. The smallest absolute Gasteiger partial charge is 0.340 e. The summed E-state index contributed by atoms with van der Waals surface area (Å²) in [6, 6.07) is 9.51. The van der Waals surface area contributed by atoms with Crippen molar-refractivity contribution in [3.63, 3.8) is 0 Å². The molecule has 0 amide bonds. The first-order chi connectivity index (χ1) is 8.93. The minimum absolute atomic E-state index is 0.0302. The van der Waals surface area contributed by atoms with E-state index in [0.717, 1.165) is 5.56 Å². The monoisotopic (exact) mass is 259 g/mol. The van der Waals surface area contributed by atoms with Gasteiger partial charge in [-0.25, -0.2) is 9.79 Å². The third-order valence-corrected chi connectivity index (χ3v) is 3.42. The van der Waals surface area contributed by atoms with E-state index >= 15 is 0 Å². The van der Waals surface area contributed by atoms with Crippen molar-refractivity contribution in [2.24, 2.45) is 4.99 Å². The zero-order chi connectivity index (χ0) is 14.0. The highest BCUT2D eigenvalue weighted by Gasteiger charge is 2.48. The zero-order valence-corrected chi connectivity index (χ0v) is 11.3. The topological polar surface area (TPSA) is 55.7 Å². The molecule has 0 saturated carbocycles.